The molecule has 1 aliphatic heterocycles. The molecule has 1 aliphatic carbocycles. The summed E-state index contributed by atoms with van der Waals surface area (Å²) in [7, 11) is 0. The highest BCUT2D eigenvalue weighted by Gasteiger charge is 2.47. The van der Waals surface area contributed by atoms with Crippen molar-refractivity contribution in [2.45, 2.75) is 57.5 Å². The second kappa shape index (κ2) is 6.08. The number of aliphatic imine (C=N–C) groups is 1. The van der Waals surface area contributed by atoms with E-state index in [1.54, 1.807) is 0 Å². The van der Waals surface area contributed by atoms with Gasteiger partial charge < -0.3 is 10.6 Å². The van der Waals surface area contributed by atoms with Crippen molar-refractivity contribution in [1.29, 1.82) is 0 Å². The van der Waals surface area contributed by atoms with Gasteiger partial charge in [0.1, 0.15) is 0 Å². The summed E-state index contributed by atoms with van der Waals surface area (Å²) in [4.78, 5) is 7.07. The second-order valence-corrected chi connectivity index (χ2v) is 6.55. The van der Waals surface area contributed by atoms with Gasteiger partial charge in [0.05, 0.1) is 12.1 Å². The van der Waals surface area contributed by atoms with Crippen LogP contribution in [-0.2, 0) is 6.54 Å². The highest BCUT2D eigenvalue weighted by atomic mass is 15.4. The first-order valence-electron chi connectivity index (χ1n) is 8.38. The number of rotatable bonds is 3. The molecule has 0 aromatic heterocycles. The quantitative estimate of drug-likeness (QED) is 0.923. The molecule has 1 aromatic rings. The van der Waals surface area contributed by atoms with Gasteiger partial charge in [0, 0.05) is 6.54 Å². The average molecular weight is 285 g/mol. The van der Waals surface area contributed by atoms with Gasteiger partial charge >= 0.3 is 0 Å². The van der Waals surface area contributed by atoms with E-state index in [0.29, 0.717) is 5.92 Å². The smallest absolute Gasteiger partial charge is 0.192 e. The predicted molar refractivity (Wildman–Crippen MR) is 88.1 cm³/mol. The van der Waals surface area contributed by atoms with Crippen LogP contribution in [0.2, 0.25) is 0 Å². The van der Waals surface area contributed by atoms with Crippen LogP contribution in [0.15, 0.2) is 35.3 Å². The molecule has 1 spiro atoms. The maximum absolute atomic E-state index is 6.28. The normalized spacial score (nSPS) is 29.5. The molecular weight excluding hydrogens is 258 g/mol. The standard InChI is InChI=1S/C18H27N3/c1-2-16-11-7-4-8-12-18(16)14-20-17(19)21(18)13-15-9-5-3-6-10-15/h3,5-6,9-10,16H,2,4,7-8,11-14H2,1H3,(H2,19,20). The van der Waals surface area contributed by atoms with Gasteiger partial charge in [-0.2, -0.15) is 0 Å². The number of nitrogens with zero attached hydrogens (tertiary/aromatic N) is 2. The van der Waals surface area contributed by atoms with E-state index >= 15 is 0 Å². The van der Waals surface area contributed by atoms with Crippen LogP contribution in [-0.4, -0.2) is 22.9 Å². The maximum atomic E-state index is 6.28. The summed E-state index contributed by atoms with van der Waals surface area (Å²) < 4.78 is 0. The van der Waals surface area contributed by atoms with E-state index in [0.717, 1.165) is 19.0 Å². The lowest BCUT2D eigenvalue weighted by molar-refractivity contribution is 0.0996. The molecule has 3 rings (SSSR count). The van der Waals surface area contributed by atoms with Crippen molar-refractivity contribution in [3.05, 3.63) is 35.9 Å². The van der Waals surface area contributed by atoms with Gasteiger partial charge in [-0.3, -0.25) is 4.99 Å². The highest BCUT2D eigenvalue weighted by Crippen LogP contribution is 2.42. The summed E-state index contributed by atoms with van der Waals surface area (Å²) in [5.74, 6) is 1.47. The Labute approximate surface area is 128 Å². The van der Waals surface area contributed by atoms with E-state index in [-0.39, 0.29) is 5.54 Å². The molecule has 3 heteroatoms. The van der Waals surface area contributed by atoms with Crippen molar-refractivity contribution in [2.75, 3.05) is 6.54 Å². The number of hydrogen-bond acceptors (Lipinski definition) is 3. The molecule has 1 heterocycles. The fraction of sp³-hybridized carbons (Fsp3) is 0.611. The van der Waals surface area contributed by atoms with E-state index < -0.39 is 0 Å². The molecule has 1 aromatic carbocycles. The zero-order chi connectivity index (χ0) is 14.7. The van der Waals surface area contributed by atoms with Gasteiger partial charge in [0.25, 0.3) is 0 Å². The average Bonchev–Trinajstić information content (AvgIpc) is 2.72. The fourth-order valence-electron chi connectivity index (χ4n) is 4.24. The maximum Gasteiger partial charge on any atom is 0.192 e. The molecular formula is C18H27N3. The van der Waals surface area contributed by atoms with E-state index in [1.165, 1.54) is 44.1 Å². The van der Waals surface area contributed by atoms with Crippen LogP contribution < -0.4 is 5.73 Å². The zero-order valence-electron chi connectivity index (χ0n) is 13.1. The zero-order valence-corrected chi connectivity index (χ0v) is 13.1. The van der Waals surface area contributed by atoms with E-state index in [9.17, 15) is 0 Å². The topological polar surface area (TPSA) is 41.6 Å². The van der Waals surface area contributed by atoms with Crippen LogP contribution in [0, 0.1) is 5.92 Å². The Morgan fingerprint density at radius 1 is 1.24 bits per heavy atom. The molecule has 3 nitrogen and oxygen atoms in total. The van der Waals surface area contributed by atoms with Gasteiger partial charge in [0.2, 0.25) is 0 Å². The predicted octanol–water partition coefficient (Wildman–Crippen LogP) is 3.55. The van der Waals surface area contributed by atoms with Crippen LogP contribution in [0.3, 0.4) is 0 Å². The van der Waals surface area contributed by atoms with E-state index in [4.69, 9.17) is 5.73 Å². The number of benzene rings is 1. The first kappa shape index (κ1) is 14.4. The van der Waals surface area contributed by atoms with Gasteiger partial charge in [-0.25, -0.2) is 0 Å². The van der Waals surface area contributed by atoms with Crippen molar-refractivity contribution in [3.8, 4) is 0 Å². The summed E-state index contributed by atoms with van der Waals surface area (Å²) in [5.41, 5.74) is 7.78. The number of guanidine groups is 1. The molecule has 2 atom stereocenters. The minimum atomic E-state index is 0.172. The molecule has 2 N–H and O–H groups in total. The van der Waals surface area contributed by atoms with Crippen molar-refractivity contribution in [2.24, 2.45) is 16.6 Å². The van der Waals surface area contributed by atoms with Crippen molar-refractivity contribution in [1.82, 2.24) is 4.90 Å². The molecule has 0 saturated heterocycles. The summed E-state index contributed by atoms with van der Waals surface area (Å²) in [6, 6.07) is 10.7. The number of nitrogens with two attached hydrogens (primary N) is 1. The summed E-state index contributed by atoms with van der Waals surface area (Å²) in [6.07, 6.45) is 7.82. The Morgan fingerprint density at radius 2 is 2.05 bits per heavy atom. The Bertz CT molecular complexity index is 496. The van der Waals surface area contributed by atoms with Crippen LogP contribution in [0.1, 0.15) is 51.0 Å². The summed E-state index contributed by atoms with van der Waals surface area (Å²) in [5, 5.41) is 0. The SMILES string of the molecule is CCC1CCCCCC12CN=C(N)N2Cc1ccccc1. The Kier molecular flexibility index (Phi) is 4.18. The summed E-state index contributed by atoms with van der Waals surface area (Å²) in [6.45, 7) is 4.11. The third-order valence-electron chi connectivity index (χ3n) is 5.43. The van der Waals surface area contributed by atoms with Crippen molar-refractivity contribution < 1.29 is 0 Å². The van der Waals surface area contributed by atoms with E-state index in [1.807, 2.05) is 0 Å². The van der Waals surface area contributed by atoms with Crippen LogP contribution in [0.4, 0.5) is 0 Å². The molecule has 21 heavy (non-hydrogen) atoms. The molecule has 0 amide bonds. The van der Waals surface area contributed by atoms with Crippen LogP contribution in [0.25, 0.3) is 0 Å². The van der Waals surface area contributed by atoms with Crippen LogP contribution >= 0.6 is 0 Å². The van der Waals surface area contributed by atoms with E-state index in [2.05, 4.69) is 47.1 Å². The van der Waals surface area contributed by atoms with Crippen molar-refractivity contribution in [3.63, 3.8) is 0 Å². The van der Waals surface area contributed by atoms with Crippen LogP contribution in [0.5, 0.6) is 0 Å². The van der Waals surface area contributed by atoms with Gasteiger partial charge in [-0.05, 0) is 24.3 Å². The molecule has 1 fully saturated rings. The minimum Gasteiger partial charge on any atom is -0.370 e. The highest BCUT2D eigenvalue weighted by molar-refractivity contribution is 5.81. The molecule has 0 bridgehead atoms. The molecule has 0 radical (unpaired) electrons. The first-order chi connectivity index (χ1) is 10.3. The Hall–Kier alpha value is -1.51. The monoisotopic (exact) mass is 285 g/mol. The van der Waals surface area contributed by atoms with Gasteiger partial charge in [-0.15, -0.1) is 0 Å². The minimum absolute atomic E-state index is 0.172. The lowest BCUT2D eigenvalue weighted by Crippen LogP contribution is -2.55. The molecule has 2 aliphatic rings. The Balaban J connectivity index is 1.89. The fourth-order valence-corrected chi connectivity index (χ4v) is 4.24. The van der Waals surface area contributed by atoms with Crippen molar-refractivity contribution >= 4 is 5.96 Å². The Morgan fingerprint density at radius 3 is 2.81 bits per heavy atom. The third-order valence-corrected chi connectivity index (χ3v) is 5.43. The van der Waals surface area contributed by atoms with Gasteiger partial charge in [-0.1, -0.05) is 62.9 Å². The molecule has 114 valence electrons. The largest absolute Gasteiger partial charge is 0.370 e. The number of hydrogen-bond donors (Lipinski definition) is 1. The second-order valence-electron chi connectivity index (χ2n) is 6.55. The lowest BCUT2D eigenvalue weighted by atomic mass is 9.77. The third kappa shape index (κ3) is 2.66. The molecule has 2 unspecified atom stereocenters. The first-order valence-corrected chi connectivity index (χ1v) is 8.38. The lowest BCUT2D eigenvalue weighted by Gasteiger charge is -2.44. The van der Waals surface area contributed by atoms with Gasteiger partial charge in [0.15, 0.2) is 5.96 Å². The summed E-state index contributed by atoms with van der Waals surface area (Å²) >= 11 is 0. The molecule has 1 saturated carbocycles.